The van der Waals surface area contributed by atoms with Crippen molar-refractivity contribution in [1.82, 2.24) is 0 Å². The van der Waals surface area contributed by atoms with Crippen molar-refractivity contribution in [3.63, 3.8) is 0 Å². The van der Waals surface area contributed by atoms with Gasteiger partial charge in [0.25, 0.3) is 0 Å². The van der Waals surface area contributed by atoms with Crippen molar-refractivity contribution in [2.24, 2.45) is 11.1 Å². The van der Waals surface area contributed by atoms with E-state index in [-0.39, 0.29) is 11.5 Å². The quantitative estimate of drug-likeness (QED) is 0.643. The van der Waals surface area contributed by atoms with Crippen LogP contribution in [0.5, 0.6) is 0 Å². The summed E-state index contributed by atoms with van der Waals surface area (Å²) in [7, 11) is 0. The van der Waals surface area contributed by atoms with Gasteiger partial charge in [0.2, 0.25) is 0 Å². The minimum atomic E-state index is 0.166. The van der Waals surface area contributed by atoms with E-state index in [0.29, 0.717) is 6.54 Å². The van der Waals surface area contributed by atoms with Crippen molar-refractivity contribution < 1.29 is 4.74 Å². The minimum Gasteiger partial charge on any atom is -0.376 e. The Morgan fingerprint density at radius 2 is 1.79 bits per heavy atom. The lowest BCUT2D eigenvalue weighted by Gasteiger charge is -2.29. The van der Waals surface area contributed by atoms with Crippen LogP contribution in [-0.4, -0.2) is 19.3 Å². The maximum absolute atomic E-state index is 5.78. The summed E-state index contributed by atoms with van der Waals surface area (Å²) in [5.41, 5.74) is 5.84. The Labute approximate surface area is 89.2 Å². The fourth-order valence-corrected chi connectivity index (χ4v) is 1.43. The molecule has 0 aliphatic rings. The van der Waals surface area contributed by atoms with E-state index in [9.17, 15) is 0 Å². The Kier molecular flexibility index (Phi) is 7.20. The molecule has 0 saturated heterocycles. The first kappa shape index (κ1) is 13.9. The molecule has 0 rings (SSSR count). The highest BCUT2D eigenvalue weighted by atomic mass is 16.5. The van der Waals surface area contributed by atoms with Crippen molar-refractivity contribution >= 4 is 0 Å². The Balaban J connectivity index is 3.54. The summed E-state index contributed by atoms with van der Waals surface area (Å²) in [6.07, 6.45) is 5.23. The lowest BCUT2D eigenvalue weighted by atomic mass is 9.89. The van der Waals surface area contributed by atoms with Gasteiger partial charge in [-0.2, -0.15) is 0 Å². The second-order valence-electron chi connectivity index (χ2n) is 5.02. The second kappa shape index (κ2) is 7.24. The zero-order valence-corrected chi connectivity index (χ0v) is 10.3. The summed E-state index contributed by atoms with van der Waals surface area (Å²) in [6.45, 7) is 10.2. The number of rotatable bonds is 7. The van der Waals surface area contributed by atoms with Gasteiger partial charge in [-0.15, -0.1) is 0 Å². The molecule has 0 spiro atoms. The van der Waals surface area contributed by atoms with Gasteiger partial charge in [0.15, 0.2) is 0 Å². The van der Waals surface area contributed by atoms with Crippen LogP contribution in [-0.2, 0) is 4.74 Å². The predicted octanol–water partition coefficient (Wildman–Crippen LogP) is 2.96. The molecule has 0 bridgehead atoms. The van der Waals surface area contributed by atoms with Crippen LogP contribution < -0.4 is 5.73 Å². The zero-order valence-electron chi connectivity index (χ0n) is 10.3. The number of ether oxygens (including phenoxy) is 1. The normalized spacial score (nSPS) is 14.4. The van der Waals surface area contributed by atoms with E-state index >= 15 is 0 Å². The summed E-state index contributed by atoms with van der Waals surface area (Å²) in [5, 5.41) is 0. The zero-order chi connectivity index (χ0) is 11.0. The van der Waals surface area contributed by atoms with E-state index in [4.69, 9.17) is 10.5 Å². The molecule has 2 N–H and O–H groups in total. The van der Waals surface area contributed by atoms with Crippen LogP contribution in [0.2, 0.25) is 0 Å². The van der Waals surface area contributed by atoms with E-state index in [2.05, 4.69) is 27.7 Å². The molecule has 0 radical (unpaired) electrons. The molecule has 14 heavy (non-hydrogen) atoms. The molecule has 1 atom stereocenters. The SMILES string of the molecule is CCCCCCOC(CN)C(C)(C)C. The summed E-state index contributed by atoms with van der Waals surface area (Å²) in [6, 6.07) is 0. The molecular formula is C12H27NO. The van der Waals surface area contributed by atoms with Crippen molar-refractivity contribution in [3.05, 3.63) is 0 Å². The Morgan fingerprint density at radius 3 is 2.21 bits per heavy atom. The Hall–Kier alpha value is -0.0800. The van der Waals surface area contributed by atoms with Crippen molar-refractivity contribution in [1.29, 1.82) is 0 Å². The van der Waals surface area contributed by atoms with E-state index < -0.39 is 0 Å². The van der Waals surface area contributed by atoms with E-state index in [0.717, 1.165) is 6.61 Å². The molecule has 0 aromatic heterocycles. The molecule has 0 aromatic carbocycles. The highest BCUT2D eigenvalue weighted by Crippen LogP contribution is 2.21. The summed E-state index contributed by atoms with van der Waals surface area (Å²) >= 11 is 0. The molecule has 0 aliphatic carbocycles. The number of unbranched alkanes of at least 4 members (excludes halogenated alkanes) is 3. The van der Waals surface area contributed by atoms with Crippen LogP contribution in [0.15, 0.2) is 0 Å². The number of nitrogens with two attached hydrogens (primary N) is 1. The maximum atomic E-state index is 5.78. The summed E-state index contributed by atoms with van der Waals surface area (Å²) in [5.74, 6) is 0. The van der Waals surface area contributed by atoms with Crippen LogP contribution in [0.1, 0.15) is 53.4 Å². The fraction of sp³-hybridized carbons (Fsp3) is 1.00. The first-order valence-corrected chi connectivity index (χ1v) is 5.84. The monoisotopic (exact) mass is 201 g/mol. The van der Waals surface area contributed by atoms with Crippen LogP contribution >= 0.6 is 0 Å². The van der Waals surface area contributed by atoms with Crippen LogP contribution in [0.3, 0.4) is 0 Å². The molecule has 1 unspecified atom stereocenters. The molecule has 2 nitrogen and oxygen atoms in total. The van der Waals surface area contributed by atoms with Gasteiger partial charge in [0, 0.05) is 13.2 Å². The van der Waals surface area contributed by atoms with E-state index in [1.807, 2.05) is 0 Å². The van der Waals surface area contributed by atoms with E-state index in [1.54, 1.807) is 0 Å². The molecule has 86 valence electrons. The van der Waals surface area contributed by atoms with Gasteiger partial charge in [0.05, 0.1) is 6.10 Å². The average Bonchev–Trinajstić information content (AvgIpc) is 2.09. The van der Waals surface area contributed by atoms with Crippen molar-refractivity contribution in [2.75, 3.05) is 13.2 Å². The number of hydrogen-bond acceptors (Lipinski definition) is 2. The topological polar surface area (TPSA) is 35.2 Å². The minimum absolute atomic E-state index is 0.166. The first-order chi connectivity index (χ1) is 6.52. The van der Waals surface area contributed by atoms with E-state index in [1.165, 1.54) is 25.7 Å². The first-order valence-electron chi connectivity index (χ1n) is 5.84. The second-order valence-corrected chi connectivity index (χ2v) is 5.02. The highest BCUT2D eigenvalue weighted by Gasteiger charge is 2.23. The molecule has 0 saturated carbocycles. The summed E-state index contributed by atoms with van der Waals surface area (Å²) in [4.78, 5) is 0. The Bertz CT molecular complexity index is 129. The fourth-order valence-electron chi connectivity index (χ4n) is 1.43. The van der Waals surface area contributed by atoms with Crippen LogP contribution in [0.25, 0.3) is 0 Å². The predicted molar refractivity (Wildman–Crippen MR) is 62.4 cm³/mol. The molecule has 2 heteroatoms. The maximum Gasteiger partial charge on any atom is 0.0745 e. The van der Waals surface area contributed by atoms with Crippen molar-refractivity contribution in [3.8, 4) is 0 Å². The molecule has 0 aliphatic heterocycles. The largest absolute Gasteiger partial charge is 0.376 e. The van der Waals surface area contributed by atoms with Crippen molar-refractivity contribution in [2.45, 2.75) is 59.5 Å². The van der Waals surface area contributed by atoms with Crippen LogP contribution in [0, 0.1) is 5.41 Å². The van der Waals surface area contributed by atoms with Gasteiger partial charge in [-0.3, -0.25) is 0 Å². The molecule has 0 aromatic rings. The van der Waals surface area contributed by atoms with Gasteiger partial charge in [-0.1, -0.05) is 47.0 Å². The lowest BCUT2D eigenvalue weighted by Crippen LogP contribution is -2.36. The highest BCUT2D eigenvalue weighted by molar-refractivity contribution is 4.74. The van der Waals surface area contributed by atoms with Gasteiger partial charge in [-0.05, 0) is 11.8 Å². The third-order valence-corrected chi connectivity index (χ3v) is 2.50. The summed E-state index contributed by atoms with van der Waals surface area (Å²) < 4.78 is 5.78. The third kappa shape index (κ3) is 6.39. The standard InChI is InChI=1S/C12H27NO/c1-5-6-7-8-9-14-11(10-13)12(2,3)4/h11H,5-10,13H2,1-4H3. The van der Waals surface area contributed by atoms with Gasteiger partial charge >= 0.3 is 0 Å². The van der Waals surface area contributed by atoms with Gasteiger partial charge < -0.3 is 10.5 Å². The molecule has 0 heterocycles. The smallest absolute Gasteiger partial charge is 0.0745 e. The average molecular weight is 201 g/mol. The van der Waals surface area contributed by atoms with Gasteiger partial charge in [0.1, 0.15) is 0 Å². The molecular weight excluding hydrogens is 174 g/mol. The van der Waals surface area contributed by atoms with Gasteiger partial charge in [-0.25, -0.2) is 0 Å². The molecule has 0 amide bonds. The lowest BCUT2D eigenvalue weighted by molar-refractivity contribution is -0.0128. The molecule has 0 fully saturated rings. The third-order valence-electron chi connectivity index (χ3n) is 2.50. The Morgan fingerprint density at radius 1 is 1.14 bits per heavy atom. The number of hydrogen-bond donors (Lipinski definition) is 1. The van der Waals surface area contributed by atoms with Crippen LogP contribution in [0.4, 0.5) is 0 Å².